The number of fused-ring (bicyclic) bond motifs is 1. The van der Waals surface area contributed by atoms with Gasteiger partial charge in [-0.3, -0.25) is 0 Å². The van der Waals surface area contributed by atoms with E-state index in [9.17, 15) is 0 Å². The maximum absolute atomic E-state index is 6.61. The first-order valence-corrected chi connectivity index (χ1v) is 14.2. The van der Waals surface area contributed by atoms with Crippen LogP contribution in [-0.4, -0.2) is 21.7 Å². The lowest BCUT2D eigenvalue weighted by Gasteiger charge is -2.41. The lowest BCUT2D eigenvalue weighted by atomic mass is 9.98. The lowest BCUT2D eigenvalue weighted by molar-refractivity contribution is 0.0645. The Bertz CT molecular complexity index is 421. The smallest absolute Gasteiger partial charge is 0.126 e. The molecule has 1 nitrogen and oxygen atoms in total. The SMILES string of the molecule is C[C@]12CCCC1=CC([Si](C)(C)C)=C([Si](C)(C)C)O2. The molecule has 1 aliphatic heterocycles. The van der Waals surface area contributed by atoms with Crippen molar-refractivity contribution in [1.82, 2.24) is 0 Å². The van der Waals surface area contributed by atoms with Gasteiger partial charge in [0.25, 0.3) is 0 Å². The molecule has 0 spiro atoms. The van der Waals surface area contributed by atoms with Crippen molar-refractivity contribution in [1.29, 1.82) is 0 Å². The quantitative estimate of drug-likeness (QED) is 0.654. The van der Waals surface area contributed by atoms with Gasteiger partial charge in [-0.15, -0.1) is 0 Å². The van der Waals surface area contributed by atoms with Crippen LogP contribution in [0.15, 0.2) is 22.2 Å². The molecule has 102 valence electrons. The molecular weight excluding hydrogens is 252 g/mol. The van der Waals surface area contributed by atoms with Gasteiger partial charge < -0.3 is 4.74 Å². The minimum Gasteiger partial charge on any atom is -0.493 e. The predicted molar refractivity (Wildman–Crippen MR) is 85.1 cm³/mol. The Hall–Kier alpha value is -0.286. The summed E-state index contributed by atoms with van der Waals surface area (Å²) in [6, 6.07) is 0. The molecule has 18 heavy (non-hydrogen) atoms. The average Bonchev–Trinajstić information content (AvgIpc) is 2.53. The Morgan fingerprint density at radius 1 is 1.06 bits per heavy atom. The molecule has 0 saturated heterocycles. The maximum Gasteiger partial charge on any atom is 0.126 e. The summed E-state index contributed by atoms with van der Waals surface area (Å²) in [4.78, 5) is 0. The Morgan fingerprint density at radius 3 is 2.17 bits per heavy atom. The first-order valence-electron chi connectivity index (χ1n) is 7.19. The summed E-state index contributed by atoms with van der Waals surface area (Å²) in [5, 5.41) is 2.99. The molecule has 0 N–H and O–H groups in total. The van der Waals surface area contributed by atoms with Crippen molar-refractivity contribution >= 4 is 16.1 Å². The molecule has 1 fully saturated rings. The highest BCUT2D eigenvalue weighted by Crippen LogP contribution is 2.46. The van der Waals surface area contributed by atoms with E-state index in [2.05, 4.69) is 52.3 Å². The summed E-state index contributed by atoms with van der Waals surface area (Å²) in [5.41, 5.74) is 1.58. The van der Waals surface area contributed by atoms with Crippen molar-refractivity contribution in [3.8, 4) is 0 Å². The fourth-order valence-electron chi connectivity index (χ4n) is 3.02. The van der Waals surface area contributed by atoms with Gasteiger partial charge in [-0.2, -0.15) is 0 Å². The summed E-state index contributed by atoms with van der Waals surface area (Å²) in [5.74, 6) is 0. The molecule has 0 aromatic heterocycles. The standard InChI is InChI=1S/C15H28OSi2/c1-15-10-8-9-12(15)11-13(17(2,3)4)14(16-15)18(5,6)7/h11H,8-10H2,1-7H3/t15-/m0/s1. The molecule has 0 aromatic rings. The topological polar surface area (TPSA) is 9.23 Å². The third kappa shape index (κ3) is 2.39. The summed E-state index contributed by atoms with van der Waals surface area (Å²) >= 11 is 0. The second-order valence-electron chi connectivity index (χ2n) is 8.10. The van der Waals surface area contributed by atoms with Crippen molar-refractivity contribution in [3.05, 3.63) is 22.2 Å². The molecule has 0 aromatic carbocycles. The van der Waals surface area contributed by atoms with Crippen LogP contribution in [0.3, 0.4) is 0 Å². The van der Waals surface area contributed by atoms with Crippen LogP contribution < -0.4 is 0 Å². The Kier molecular flexibility index (Phi) is 3.22. The average molecular weight is 281 g/mol. The van der Waals surface area contributed by atoms with Crippen LogP contribution in [0, 0.1) is 0 Å². The summed E-state index contributed by atoms with van der Waals surface area (Å²) in [6.45, 7) is 16.9. The van der Waals surface area contributed by atoms with Crippen LogP contribution >= 0.6 is 0 Å². The molecule has 1 saturated carbocycles. The van der Waals surface area contributed by atoms with E-state index >= 15 is 0 Å². The number of ether oxygens (including phenoxy) is 1. The van der Waals surface area contributed by atoms with Crippen LogP contribution in [0.25, 0.3) is 0 Å². The molecule has 0 unspecified atom stereocenters. The Labute approximate surface area is 114 Å². The van der Waals surface area contributed by atoms with Crippen LogP contribution in [0.5, 0.6) is 0 Å². The molecule has 0 radical (unpaired) electrons. The fourth-order valence-corrected chi connectivity index (χ4v) is 8.02. The van der Waals surface area contributed by atoms with Gasteiger partial charge in [-0.05, 0) is 37.0 Å². The largest absolute Gasteiger partial charge is 0.493 e. The van der Waals surface area contributed by atoms with Crippen molar-refractivity contribution in [2.75, 3.05) is 0 Å². The normalized spacial score (nSPS) is 28.9. The van der Waals surface area contributed by atoms with Crippen LogP contribution in [0.4, 0.5) is 0 Å². The van der Waals surface area contributed by atoms with E-state index in [1.54, 1.807) is 10.8 Å². The van der Waals surface area contributed by atoms with E-state index in [-0.39, 0.29) is 5.60 Å². The molecule has 2 aliphatic rings. The minimum absolute atomic E-state index is 0.0266. The molecule has 0 amide bonds. The van der Waals surface area contributed by atoms with Gasteiger partial charge >= 0.3 is 0 Å². The molecule has 0 bridgehead atoms. The third-order valence-corrected chi connectivity index (χ3v) is 8.13. The third-order valence-electron chi connectivity index (χ3n) is 4.16. The van der Waals surface area contributed by atoms with Crippen molar-refractivity contribution in [2.45, 2.75) is 71.1 Å². The van der Waals surface area contributed by atoms with E-state index in [0.29, 0.717) is 0 Å². The van der Waals surface area contributed by atoms with Gasteiger partial charge in [0.05, 0.1) is 13.5 Å². The highest BCUT2D eigenvalue weighted by molar-refractivity contribution is 6.89. The zero-order valence-electron chi connectivity index (χ0n) is 13.1. The molecule has 1 aliphatic carbocycles. The first-order chi connectivity index (χ1) is 8.04. The van der Waals surface area contributed by atoms with E-state index in [1.165, 1.54) is 24.6 Å². The van der Waals surface area contributed by atoms with E-state index in [0.717, 1.165) is 0 Å². The van der Waals surface area contributed by atoms with E-state index in [1.807, 2.05) is 0 Å². The Morgan fingerprint density at radius 2 is 1.67 bits per heavy atom. The molecule has 1 heterocycles. The highest BCUT2D eigenvalue weighted by Gasteiger charge is 2.44. The van der Waals surface area contributed by atoms with Crippen molar-refractivity contribution < 1.29 is 4.74 Å². The lowest BCUT2D eigenvalue weighted by Crippen LogP contribution is -2.42. The molecule has 1 atom stereocenters. The Balaban J connectivity index is 2.55. The van der Waals surface area contributed by atoms with E-state index in [4.69, 9.17) is 4.74 Å². The van der Waals surface area contributed by atoms with Gasteiger partial charge in [-0.1, -0.05) is 45.4 Å². The van der Waals surface area contributed by atoms with Crippen LogP contribution in [-0.2, 0) is 4.74 Å². The second-order valence-corrected chi connectivity index (χ2v) is 18.1. The number of hydrogen-bond acceptors (Lipinski definition) is 1. The number of hydrogen-bond donors (Lipinski definition) is 0. The molecule has 2 rings (SSSR count). The predicted octanol–water partition coefficient (Wildman–Crippen LogP) is 4.89. The van der Waals surface area contributed by atoms with Gasteiger partial charge in [0.1, 0.15) is 13.7 Å². The van der Waals surface area contributed by atoms with Crippen LogP contribution in [0.1, 0.15) is 26.2 Å². The van der Waals surface area contributed by atoms with Gasteiger partial charge in [0, 0.05) is 0 Å². The summed E-state index contributed by atoms with van der Waals surface area (Å²) in [6.07, 6.45) is 6.27. The summed E-state index contributed by atoms with van der Waals surface area (Å²) in [7, 11) is -2.70. The monoisotopic (exact) mass is 280 g/mol. The molecular formula is C15H28OSi2. The van der Waals surface area contributed by atoms with E-state index < -0.39 is 16.1 Å². The maximum atomic E-state index is 6.61. The van der Waals surface area contributed by atoms with Gasteiger partial charge in [-0.25, -0.2) is 0 Å². The number of allylic oxidation sites excluding steroid dienone is 2. The highest BCUT2D eigenvalue weighted by atomic mass is 28.3. The minimum atomic E-state index is -1.39. The second kappa shape index (κ2) is 4.10. The molecule has 3 heteroatoms. The fraction of sp³-hybridized carbons (Fsp3) is 0.733. The number of rotatable bonds is 2. The van der Waals surface area contributed by atoms with Crippen LogP contribution in [0.2, 0.25) is 39.3 Å². The zero-order valence-corrected chi connectivity index (χ0v) is 15.1. The van der Waals surface area contributed by atoms with Gasteiger partial charge in [0.15, 0.2) is 0 Å². The van der Waals surface area contributed by atoms with Gasteiger partial charge in [0.2, 0.25) is 0 Å². The summed E-state index contributed by atoms with van der Waals surface area (Å²) < 4.78 is 6.61. The first kappa shape index (κ1) is 14.1. The van der Waals surface area contributed by atoms with Crippen molar-refractivity contribution in [2.24, 2.45) is 0 Å². The zero-order chi connectivity index (χ0) is 13.8. The van der Waals surface area contributed by atoms with Crippen molar-refractivity contribution in [3.63, 3.8) is 0 Å².